The minimum absolute atomic E-state index is 0.00207. The number of ether oxygens (including phenoxy) is 2. The monoisotopic (exact) mass is 526 g/mol. The summed E-state index contributed by atoms with van der Waals surface area (Å²) in [5.41, 5.74) is 4.89. The highest BCUT2D eigenvalue weighted by atomic mass is 19.4. The van der Waals surface area contributed by atoms with Gasteiger partial charge in [-0.2, -0.15) is 18.4 Å². The molecule has 1 fully saturated rings. The van der Waals surface area contributed by atoms with Crippen LogP contribution >= 0.6 is 0 Å². The molecule has 1 atom stereocenters. The zero-order valence-electron chi connectivity index (χ0n) is 20.7. The van der Waals surface area contributed by atoms with Crippen LogP contribution in [0.15, 0.2) is 71.2 Å². The number of rotatable bonds is 5. The minimum Gasteiger partial charge on any atom is -0.466 e. The molecular formula is C27H25F3N4O4. The van der Waals surface area contributed by atoms with Crippen LogP contribution in [-0.2, 0) is 25.2 Å². The van der Waals surface area contributed by atoms with Gasteiger partial charge in [-0.05, 0) is 36.6 Å². The number of anilines is 2. The van der Waals surface area contributed by atoms with Gasteiger partial charge in [-0.25, -0.2) is 9.59 Å². The summed E-state index contributed by atoms with van der Waals surface area (Å²) in [4.78, 5) is 28.8. The number of nitrogens with zero attached hydrogens (tertiary/aromatic N) is 3. The molecule has 1 saturated heterocycles. The second-order valence-electron chi connectivity index (χ2n) is 8.73. The molecule has 11 heteroatoms. The topological polar surface area (TPSA) is 109 Å². The largest absolute Gasteiger partial charge is 0.466 e. The molecule has 2 heterocycles. The van der Waals surface area contributed by atoms with E-state index >= 15 is 0 Å². The van der Waals surface area contributed by atoms with Crippen molar-refractivity contribution in [2.45, 2.75) is 24.9 Å². The molecule has 198 valence electrons. The third-order valence-electron chi connectivity index (χ3n) is 6.60. The zero-order chi connectivity index (χ0) is 27.6. The summed E-state index contributed by atoms with van der Waals surface area (Å²) in [7, 11) is 2.16. The van der Waals surface area contributed by atoms with E-state index < -0.39 is 35.3 Å². The number of nitrogens with two attached hydrogens (primary N) is 1. The molecule has 2 N–H and O–H groups in total. The lowest BCUT2D eigenvalue weighted by molar-refractivity contribution is -0.139. The van der Waals surface area contributed by atoms with E-state index in [4.69, 9.17) is 15.2 Å². The van der Waals surface area contributed by atoms with E-state index in [1.54, 1.807) is 35.2 Å². The fourth-order valence-corrected chi connectivity index (χ4v) is 4.91. The average molecular weight is 527 g/mol. The predicted molar refractivity (Wildman–Crippen MR) is 132 cm³/mol. The Hall–Kier alpha value is -4.46. The average Bonchev–Trinajstić information content (AvgIpc) is 3.46. The van der Waals surface area contributed by atoms with Crippen molar-refractivity contribution in [2.24, 2.45) is 5.73 Å². The van der Waals surface area contributed by atoms with Gasteiger partial charge in [0.2, 0.25) is 0 Å². The summed E-state index contributed by atoms with van der Waals surface area (Å²) >= 11 is 0. The lowest BCUT2D eigenvalue weighted by Gasteiger charge is -2.36. The van der Waals surface area contributed by atoms with Crippen molar-refractivity contribution in [1.29, 1.82) is 5.26 Å². The van der Waals surface area contributed by atoms with Crippen molar-refractivity contribution in [1.82, 2.24) is 0 Å². The van der Waals surface area contributed by atoms with Crippen molar-refractivity contribution in [3.05, 3.63) is 82.3 Å². The molecule has 0 aliphatic carbocycles. The van der Waals surface area contributed by atoms with Gasteiger partial charge in [0.05, 0.1) is 42.9 Å². The van der Waals surface area contributed by atoms with E-state index in [1.807, 2.05) is 6.07 Å². The molecule has 2 aliphatic heterocycles. The number of alkyl halides is 3. The fourth-order valence-electron chi connectivity index (χ4n) is 4.91. The van der Waals surface area contributed by atoms with Crippen LogP contribution in [0.25, 0.3) is 0 Å². The van der Waals surface area contributed by atoms with Crippen LogP contribution in [0.1, 0.15) is 29.9 Å². The smallest absolute Gasteiger partial charge is 0.418 e. The van der Waals surface area contributed by atoms with Gasteiger partial charge >= 0.3 is 18.1 Å². The van der Waals surface area contributed by atoms with E-state index in [0.29, 0.717) is 18.7 Å². The van der Waals surface area contributed by atoms with Crippen molar-refractivity contribution in [2.75, 3.05) is 37.1 Å². The Balaban J connectivity index is 2.02. The molecule has 38 heavy (non-hydrogen) atoms. The maximum Gasteiger partial charge on any atom is 0.418 e. The summed E-state index contributed by atoms with van der Waals surface area (Å²) in [6, 6.07) is 13.8. The molecule has 0 saturated carbocycles. The first-order chi connectivity index (χ1) is 18.1. The maximum atomic E-state index is 14.2. The molecule has 0 radical (unpaired) electrons. The molecule has 1 unspecified atom stereocenters. The van der Waals surface area contributed by atoms with E-state index in [0.717, 1.165) is 38.0 Å². The van der Waals surface area contributed by atoms with Gasteiger partial charge in [0.15, 0.2) is 0 Å². The van der Waals surface area contributed by atoms with E-state index in [1.165, 1.54) is 12.1 Å². The highest BCUT2D eigenvalue weighted by Crippen LogP contribution is 2.45. The number of methoxy groups -OCH3 is 2. The van der Waals surface area contributed by atoms with Crippen molar-refractivity contribution < 1.29 is 32.2 Å². The molecule has 4 rings (SSSR count). The van der Waals surface area contributed by atoms with Gasteiger partial charge < -0.3 is 20.1 Å². The molecule has 0 bridgehead atoms. The number of hydrogen-bond donors (Lipinski definition) is 1. The third kappa shape index (κ3) is 4.65. The first kappa shape index (κ1) is 26.6. The fraction of sp³-hybridized carbons (Fsp3) is 0.296. The van der Waals surface area contributed by atoms with Gasteiger partial charge in [-0.15, -0.1) is 0 Å². The number of carbonyl (C=O) groups excluding carboxylic acids is 2. The van der Waals surface area contributed by atoms with Gasteiger partial charge in [0.1, 0.15) is 11.5 Å². The van der Waals surface area contributed by atoms with Crippen LogP contribution in [0.5, 0.6) is 0 Å². The molecule has 0 spiro atoms. The number of carbonyl (C=O) groups is 2. The lowest BCUT2D eigenvalue weighted by Crippen LogP contribution is -2.41. The Bertz CT molecular complexity index is 1360. The van der Waals surface area contributed by atoms with Crippen molar-refractivity contribution in [3.8, 4) is 6.07 Å². The van der Waals surface area contributed by atoms with Crippen LogP contribution in [0.2, 0.25) is 0 Å². The first-order valence-corrected chi connectivity index (χ1v) is 11.8. The van der Waals surface area contributed by atoms with Gasteiger partial charge in [0.25, 0.3) is 0 Å². The van der Waals surface area contributed by atoms with Crippen molar-refractivity contribution >= 4 is 23.3 Å². The predicted octanol–water partition coefficient (Wildman–Crippen LogP) is 4.20. The second-order valence-corrected chi connectivity index (χ2v) is 8.73. The van der Waals surface area contributed by atoms with Gasteiger partial charge in [-0.1, -0.05) is 30.3 Å². The van der Waals surface area contributed by atoms with Gasteiger partial charge in [-0.3, -0.25) is 4.90 Å². The Labute approximate surface area is 217 Å². The highest BCUT2D eigenvalue weighted by molar-refractivity contribution is 6.06. The normalized spacial score (nSPS) is 17.9. The minimum atomic E-state index is -4.73. The lowest BCUT2D eigenvalue weighted by atomic mass is 9.81. The molecule has 0 aromatic heterocycles. The summed E-state index contributed by atoms with van der Waals surface area (Å²) in [5.74, 6) is -3.43. The molecule has 2 aromatic rings. The van der Waals surface area contributed by atoms with Crippen LogP contribution in [0.4, 0.5) is 24.5 Å². The molecule has 2 aliphatic rings. The van der Waals surface area contributed by atoms with Crippen LogP contribution in [-0.4, -0.2) is 39.2 Å². The Morgan fingerprint density at radius 1 is 1.03 bits per heavy atom. The summed E-state index contributed by atoms with van der Waals surface area (Å²) in [5, 5.41) is 10.1. The van der Waals surface area contributed by atoms with Crippen LogP contribution < -0.4 is 15.5 Å². The quantitative estimate of drug-likeness (QED) is 0.578. The summed E-state index contributed by atoms with van der Waals surface area (Å²) in [6.45, 7) is 0.955. The standard InChI is InChI=1S/C27H25F3N4O4/c1-37-25(35)22-21(16-8-4-3-5-9-16)18(15-31)24(32)34(23(22)26(36)38-2)17-10-11-20(33-12-6-7-13-33)19(14-17)27(28,29)30/h3-5,8-11,14,21H,6-7,12-13,32H2,1-2H3. The number of halogens is 3. The number of nitriles is 1. The maximum absolute atomic E-state index is 14.2. The third-order valence-corrected chi connectivity index (χ3v) is 6.60. The summed E-state index contributed by atoms with van der Waals surface area (Å²) < 4.78 is 52.6. The highest BCUT2D eigenvalue weighted by Gasteiger charge is 2.44. The zero-order valence-corrected chi connectivity index (χ0v) is 20.7. The van der Waals surface area contributed by atoms with E-state index in [-0.39, 0.29) is 28.3 Å². The number of allylic oxidation sites excluding steroid dienone is 1. The SMILES string of the molecule is COC(=O)C1=C(C(=O)OC)N(c2ccc(N3CCCC3)c(C(F)(F)F)c2)C(N)=C(C#N)C1c1ccccc1. The van der Waals surface area contributed by atoms with Gasteiger partial charge in [0, 0.05) is 24.5 Å². The number of hydrogen-bond acceptors (Lipinski definition) is 8. The Morgan fingerprint density at radius 3 is 2.21 bits per heavy atom. The van der Waals surface area contributed by atoms with E-state index in [2.05, 4.69) is 0 Å². The molecule has 0 amide bonds. The number of esters is 2. The molecule has 8 nitrogen and oxygen atoms in total. The Morgan fingerprint density at radius 2 is 1.66 bits per heavy atom. The summed E-state index contributed by atoms with van der Waals surface area (Å²) in [6.07, 6.45) is -3.19. The van der Waals surface area contributed by atoms with Crippen LogP contribution in [0, 0.1) is 11.3 Å². The second kappa shape index (κ2) is 10.5. The first-order valence-electron chi connectivity index (χ1n) is 11.8. The molecular weight excluding hydrogens is 501 g/mol. The molecule has 2 aromatic carbocycles. The van der Waals surface area contributed by atoms with Crippen molar-refractivity contribution in [3.63, 3.8) is 0 Å². The number of benzene rings is 2. The Kier molecular flexibility index (Phi) is 7.35. The van der Waals surface area contributed by atoms with Crippen LogP contribution in [0.3, 0.4) is 0 Å². The van der Waals surface area contributed by atoms with E-state index in [9.17, 15) is 28.0 Å².